The van der Waals surface area contributed by atoms with E-state index < -0.39 is 21.7 Å². The third-order valence-electron chi connectivity index (χ3n) is 7.90. The zero-order valence-corrected chi connectivity index (χ0v) is 25.1. The van der Waals surface area contributed by atoms with Crippen molar-refractivity contribution in [2.24, 2.45) is 0 Å². The molecule has 3 aromatic rings. The lowest BCUT2D eigenvalue weighted by atomic mass is 9.99. The average molecular weight is 590 g/mol. The minimum atomic E-state index is -3.45. The van der Waals surface area contributed by atoms with Crippen LogP contribution >= 0.6 is 0 Å². The molecule has 1 saturated heterocycles. The van der Waals surface area contributed by atoms with E-state index in [0.717, 1.165) is 24.8 Å². The highest BCUT2D eigenvalue weighted by Gasteiger charge is 2.40. The first-order chi connectivity index (χ1) is 20.1. The highest BCUT2D eigenvalue weighted by Crippen LogP contribution is 2.37. The quantitative estimate of drug-likeness (QED) is 0.339. The molecule has 2 aliphatic heterocycles. The summed E-state index contributed by atoms with van der Waals surface area (Å²) >= 11 is 0. The van der Waals surface area contributed by atoms with Gasteiger partial charge in [-0.2, -0.15) is 0 Å². The fourth-order valence-electron chi connectivity index (χ4n) is 5.61. The van der Waals surface area contributed by atoms with Crippen LogP contribution in [0.25, 0.3) is 6.08 Å². The van der Waals surface area contributed by atoms with Crippen LogP contribution in [0.5, 0.6) is 11.5 Å². The minimum absolute atomic E-state index is 0.0315. The molecule has 10 heteroatoms. The van der Waals surface area contributed by atoms with Gasteiger partial charge in [0.05, 0.1) is 37.6 Å². The molecule has 0 bridgehead atoms. The number of piperazine rings is 1. The molecule has 5 rings (SSSR count). The van der Waals surface area contributed by atoms with Gasteiger partial charge in [0.1, 0.15) is 0 Å². The van der Waals surface area contributed by atoms with E-state index >= 15 is 0 Å². The average Bonchev–Trinajstić information content (AvgIpc) is 3.25. The Kier molecular flexibility index (Phi) is 8.38. The Balaban J connectivity index is 1.46. The van der Waals surface area contributed by atoms with Crippen LogP contribution < -0.4 is 14.4 Å². The smallest absolute Gasteiger partial charge is 0.263 e. The molecule has 0 N–H and O–H groups in total. The summed E-state index contributed by atoms with van der Waals surface area (Å²) in [5.74, 6) is 0.164. The Morgan fingerprint density at radius 1 is 0.857 bits per heavy atom. The van der Waals surface area contributed by atoms with Gasteiger partial charge in [0.2, 0.25) is 0 Å². The Morgan fingerprint density at radius 3 is 2.17 bits per heavy atom. The molecule has 3 aromatic carbocycles. The largest absolute Gasteiger partial charge is 0.493 e. The van der Waals surface area contributed by atoms with Crippen molar-refractivity contribution in [2.75, 3.05) is 51.6 Å². The first-order valence-corrected chi connectivity index (χ1v) is 15.7. The van der Waals surface area contributed by atoms with E-state index in [1.165, 1.54) is 30.8 Å². The monoisotopic (exact) mass is 589 g/mol. The maximum Gasteiger partial charge on any atom is 0.263 e. The number of fused-ring (bicyclic) bond motifs is 1. The van der Waals surface area contributed by atoms with Gasteiger partial charge in [-0.15, -0.1) is 0 Å². The van der Waals surface area contributed by atoms with Crippen LogP contribution in [0.3, 0.4) is 0 Å². The fourth-order valence-corrected chi connectivity index (χ4v) is 6.01. The topological polar surface area (TPSA) is 96.5 Å². The number of carbonyl (C=O) groups excluding carboxylic acids is 2. The molecular formula is C32H35N3O6S. The summed E-state index contributed by atoms with van der Waals surface area (Å²) in [5, 5.41) is 1.06. The van der Waals surface area contributed by atoms with E-state index in [1.54, 1.807) is 24.3 Å². The third kappa shape index (κ3) is 5.91. The van der Waals surface area contributed by atoms with Crippen molar-refractivity contribution in [2.45, 2.75) is 19.5 Å². The van der Waals surface area contributed by atoms with Crippen molar-refractivity contribution >= 4 is 33.4 Å². The maximum atomic E-state index is 13.9. The Hall–Kier alpha value is -4.15. The summed E-state index contributed by atoms with van der Waals surface area (Å²) in [6, 6.07) is 19.4. The normalized spacial score (nSPS) is 16.7. The van der Waals surface area contributed by atoms with Crippen LogP contribution in [-0.4, -0.2) is 76.7 Å². The van der Waals surface area contributed by atoms with Gasteiger partial charge in [0.15, 0.2) is 21.3 Å². The number of carbonyl (C=O) groups is 2. The Bertz CT molecular complexity index is 1630. The number of methoxy groups -OCH3 is 2. The summed E-state index contributed by atoms with van der Waals surface area (Å²) in [4.78, 5) is 33.5. The zero-order chi connectivity index (χ0) is 30.0. The lowest BCUT2D eigenvalue weighted by Gasteiger charge is -2.39. The second-order valence-corrected chi connectivity index (χ2v) is 12.5. The van der Waals surface area contributed by atoms with Gasteiger partial charge in [-0.1, -0.05) is 42.5 Å². The molecule has 0 radical (unpaired) electrons. The second kappa shape index (κ2) is 12.0. The number of nitrogens with zero attached hydrogens (tertiary/aromatic N) is 3. The van der Waals surface area contributed by atoms with Crippen molar-refractivity contribution in [1.82, 2.24) is 9.80 Å². The lowest BCUT2D eigenvalue weighted by Crippen LogP contribution is -2.47. The summed E-state index contributed by atoms with van der Waals surface area (Å²) in [6.07, 6.45) is 2.48. The molecular weight excluding hydrogens is 554 g/mol. The number of imide groups is 1. The molecule has 220 valence electrons. The molecule has 1 atom stereocenters. The van der Waals surface area contributed by atoms with Crippen molar-refractivity contribution < 1.29 is 27.5 Å². The van der Waals surface area contributed by atoms with Gasteiger partial charge in [-0.25, -0.2) is 8.42 Å². The molecule has 42 heavy (non-hydrogen) atoms. The summed E-state index contributed by atoms with van der Waals surface area (Å²) in [5.41, 5.74) is 3.55. The highest BCUT2D eigenvalue weighted by molar-refractivity contribution is 7.93. The van der Waals surface area contributed by atoms with Gasteiger partial charge >= 0.3 is 0 Å². The van der Waals surface area contributed by atoms with Crippen LogP contribution in [0.4, 0.5) is 5.69 Å². The molecule has 1 fully saturated rings. The molecule has 2 amide bonds. The molecule has 0 saturated carbocycles. The fraction of sp³-hybridized carbons (Fsp3) is 0.312. The second-order valence-electron chi connectivity index (χ2n) is 10.6. The number of anilines is 1. The molecule has 0 aromatic heterocycles. The van der Waals surface area contributed by atoms with Gasteiger partial charge in [0, 0.05) is 43.9 Å². The number of hydrogen-bond acceptors (Lipinski definition) is 8. The van der Waals surface area contributed by atoms with Gasteiger partial charge in [-0.3, -0.25) is 19.4 Å². The standard InChI is InChI=1S/C32H35N3O6S/c1-22(24-8-6-5-7-9-24)33-15-17-34(18-16-33)26-12-11-25(14-19-42(4,38)39)29-30(26)32(37)35(31(29)36)21-23-10-13-27(40-2)28(20-23)41-3/h5-14,19-20,22H,15-18,21H2,1-4H3. The molecule has 0 spiro atoms. The zero-order valence-electron chi connectivity index (χ0n) is 24.2. The predicted octanol–water partition coefficient (Wildman–Crippen LogP) is 4.40. The van der Waals surface area contributed by atoms with Crippen molar-refractivity contribution in [3.8, 4) is 11.5 Å². The van der Waals surface area contributed by atoms with Crippen molar-refractivity contribution in [1.29, 1.82) is 0 Å². The van der Waals surface area contributed by atoms with Crippen LogP contribution in [0.2, 0.25) is 0 Å². The van der Waals surface area contributed by atoms with E-state index in [2.05, 4.69) is 28.9 Å². The third-order valence-corrected chi connectivity index (χ3v) is 8.53. The molecule has 9 nitrogen and oxygen atoms in total. The van der Waals surface area contributed by atoms with Crippen LogP contribution in [0.15, 0.2) is 66.1 Å². The number of amides is 2. The predicted molar refractivity (Wildman–Crippen MR) is 163 cm³/mol. The van der Waals surface area contributed by atoms with E-state index in [4.69, 9.17) is 9.47 Å². The number of hydrogen-bond donors (Lipinski definition) is 0. The van der Waals surface area contributed by atoms with E-state index in [-0.39, 0.29) is 18.2 Å². The first-order valence-electron chi connectivity index (χ1n) is 13.8. The molecule has 0 aliphatic carbocycles. The summed E-state index contributed by atoms with van der Waals surface area (Å²) < 4.78 is 34.5. The highest BCUT2D eigenvalue weighted by atomic mass is 32.2. The number of rotatable bonds is 9. The summed E-state index contributed by atoms with van der Waals surface area (Å²) in [6.45, 7) is 5.16. The van der Waals surface area contributed by atoms with Gasteiger partial charge in [-0.05, 0) is 47.9 Å². The van der Waals surface area contributed by atoms with E-state index in [0.29, 0.717) is 47.0 Å². The van der Waals surface area contributed by atoms with Gasteiger partial charge in [0.25, 0.3) is 11.8 Å². The van der Waals surface area contributed by atoms with E-state index in [9.17, 15) is 18.0 Å². The summed E-state index contributed by atoms with van der Waals surface area (Å²) in [7, 11) is -0.384. The maximum absolute atomic E-state index is 13.9. The van der Waals surface area contributed by atoms with Crippen LogP contribution in [0, 0.1) is 0 Å². The molecule has 1 unspecified atom stereocenters. The van der Waals surface area contributed by atoms with Crippen molar-refractivity contribution in [3.63, 3.8) is 0 Å². The Labute approximate surface area is 246 Å². The number of ether oxygens (including phenoxy) is 2. The minimum Gasteiger partial charge on any atom is -0.493 e. The number of sulfone groups is 1. The first kappa shape index (κ1) is 29.3. The van der Waals surface area contributed by atoms with Crippen LogP contribution in [-0.2, 0) is 16.4 Å². The van der Waals surface area contributed by atoms with E-state index in [1.807, 2.05) is 24.3 Å². The van der Waals surface area contributed by atoms with Gasteiger partial charge < -0.3 is 14.4 Å². The SMILES string of the molecule is COc1ccc(CN2C(=O)c3c(C=CS(C)(=O)=O)ccc(N4CCN(C(C)c5ccccc5)CC4)c3C2=O)cc1OC. The lowest BCUT2D eigenvalue weighted by molar-refractivity contribution is 0.0642. The number of benzene rings is 3. The molecule has 2 aliphatic rings. The molecule has 2 heterocycles. The van der Waals surface area contributed by atoms with Crippen LogP contribution in [0.1, 0.15) is 50.4 Å². The Morgan fingerprint density at radius 2 is 1.52 bits per heavy atom. The van der Waals surface area contributed by atoms with Crippen molar-refractivity contribution in [3.05, 3.63) is 93.9 Å².